The van der Waals surface area contributed by atoms with Crippen LogP contribution in [-0.2, 0) is 0 Å². The summed E-state index contributed by atoms with van der Waals surface area (Å²) in [5.74, 6) is 0.719. The minimum atomic E-state index is 0.511. The SMILES string of the molecule is CSC(N)=Nc1cc(-c2ccccc2)nn1-c1ccccc1. The number of benzene rings is 2. The van der Waals surface area contributed by atoms with Crippen molar-refractivity contribution in [2.45, 2.75) is 0 Å². The predicted octanol–water partition coefficient (Wildman–Crippen LogP) is 3.85. The maximum absolute atomic E-state index is 5.87. The molecule has 110 valence electrons. The van der Waals surface area contributed by atoms with Gasteiger partial charge in [0, 0.05) is 11.6 Å². The monoisotopic (exact) mass is 308 g/mol. The van der Waals surface area contributed by atoms with Crippen molar-refractivity contribution in [3.63, 3.8) is 0 Å². The molecule has 2 N–H and O–H groups in total. The zero-order valence-corrected chi connectivity index (χ0v) is 13.0. The highest BCUT2D eigenvalue weighted by molar-refractivity contribution is 8.13. The number of hydrogen-bond acceptors (Lipinski definition) is 3. The lowest BCUT2D eigenvalue weighted by Gasteiger charge is -2.04. The fourth-order valence-electron chi connectivity index (χ4n) is 2.12. The molecule has 1 heterocycles. The Hall–Kier alpha value is -2.53. The van der Waals surface area contributed by atoms with Crippen LogP contribution in [0.4, 0.5) is 5.82 Å². The third kappa shape index (κ3) is 3.04. The number of amidine groups is 1. The smallest absolute Gasteiger partial charge is 0.160 e. The minimum Gasteiger partial charge on any atom is -0.378 e. The van der Waals surface area contributed by atoms with E-state index < -0.39 is 0 Å². The largest absolute Gasteiger partial charge is 0.378 e. The Morgan fingerprint density at radius 2 is 1.68 bits per heavy atom. The first-order chi connectivity index (χ1) is 10.8. The summed E-state index contributed by atoms with van der Waals surface area (Å²) >= 11 is 1.42. The number of hydrogen-bond donors (Lipinski definition) is 1. The van der Waals surface area contributed by atoms with Crippen LogP contribution < -0.4 is 5.73 Å². The molecule has 0 radical (unpaired) electrons. The van der Waals surface area contributed by atoms with Crippen LogP contribution in [0.3, 0.4) is 0 Å². The summed E-state index contributed by atoms with van der Waals surface area (Å²) in [5, 5.41) is 5.19. The van der Waals surface area contributed by atoms with Crippen molar-refractivity contribution in [2.24, 2.45) is 10.7 Å². The highest BCUT2D eigenvalue weighted by Gasteiger charge is 2.10. The van der Waals surface area contributed by atoms with Gasteiger partial charge < -0.3 is 5.73 Å². The van der Waals surface area contributed by atoms with E-state index in [1.54, 1.807) is 0 Å². The van der Waals surface area contributed by atoms with Crippen LogP contribution in [0.2, 0.25) is 0 Å². The normalized spacial score (nSPS) is 11.6. The Balaban J connectivity index is 2.13. The van der Waals surface area contributed by atoms with Gasteiger partial charge in [0.15, 0.2) is 11.0 Å². The summed E-state index contributed by atoms with van der Waals surface area (Å²) in [7, 11) is 0. The average molecular weight is 308 g/mol. The number of rotatable bonds is 3. The zero-order chi connectivity index (χ0) is 15.4. The van der Waals surface area contributed by atoms with Gasteiger partial charge in [0.1, 0.15) is 0 Å². The van der Waals surface area contributed by atoms with Crippen molar-refractivity contribution < 1.29 is 0 Å². The Morgan fingerprint density at radius 1 is 1.05 bits per heavy atom. The summed E-state index contributed by atoms with van der Waals surface area (Å²) in [6.45, 7) is 0. The minimum absolute atomic E-state index is 0.511. The van der Waals surface area contributed by atoms with Crippen LogP contribution in [0.25, 0.3) is 16.9 Å². The Morgan fingerprint density at radius 3 is 2.32 bits per heavy atom. The molecule has 0 amide bonds. The number of aromatic nitrogens is 2. The quantitative estimate of drug-likeness (QED) is 0.590. The summed E-state index contributed by atoms with van der Waals surface area (Å²) in [6.07, 6.45) is 1.90. The zero-order valence-electron chi connectivity index (χ0n) is 12.2. The highest BCUT2D eigenvalue weighted by atomic mass is 32.2. The molecule has 3 rings (SSSR count). The van der Waals surface area contributed by atoms with Crippen molar-refractivity contribution in [1.29, 1.82) is 0 Å². The van der Waals surface area contributed by atoms with Crippen molar-refractivity contribution >= 4 is 22.7 Å². The van der Waals surface area contributed by atoms with Gasteiger partial charge in [0.05, 0.1) is 11.4 Å². The Labute approximate surface area is 133 Å². The van der Waals surface area contributed by atoms with Crippen molar-refractivity contribution in [1.82, 2.24) is 9.78 Å². The summed E-state index contributed by atoms with van der Waals surface area (Å²) in [6, 6.07) is 21.9. The molecule has 4 nitrogen and oxygen atoms in total. The third-order valence-electron chi connectivity index (χ3n) is 3.19. The van der Waals surface area contributed by atoms with Crippen LogP contribution in [0.15, 0.2) is 71.7 Å². The molecule has 22 heavy (non-hydrogen) atoms. The average Bonchev–Trinajstić information content (AvgIpc) is 3.00. The van der Waals surface area contributed by atoms with Crippen LogP contribution >= 0.6 is 11.8 Å². The van der Waals surface area contributed by atoms with E-state index >= 15 is 0 Å². The Bertz CT molecular complexity index is 779. The van der Waals surface area contributed by atoms with E-state index in [2.05, 4.69) is 10.1 Å². The molecule has 0 aliphatic carbocycles. The molecule has 5 heteroatoms. The molecule has 0 fully saturated rings. The van der Waals surface area contributed by atoms with Gasteiger partial charge >= 0.3 is 0 Å². The maximum Gasteiger partial charge on any atom is 0.160 e. The van der Waals surface area contributed by atoms with E-state index in [1.165, 1.54) is 11.8 Å². The van der Waals surface area contributed by atoms with Crippen LogP contribution in [0, 0.1) is 0 Å². The van der Waals surface area contributed by atoms with Gasteiger partial charge in [-0.25, -0.2) is 9.67 Å². The summed E-state index contributed by atoms with van der Waals surface area (Å²) < 4.78 is 1.81. The van der Waals surface area contributed by atoms with Gasteiger partial charge in [0.2, 0.25) is 0 Å². The lowest BCUT2D eigenvalue weighted by Crippen LogP contribution is -2.05. The lowest BCUT2D eigenvalue weighted by atomic mass is 10.2. The molecular weight excluding hydrogens is 292 g/mol. The molecule has 0 bridgehead atoms. The molecule has 0 spiro atoms. The van der Waals surface area contributed by atoms with Crippen LogP contribution in [0.1, 0.15) is 0 Å². The molecule has 2 aromatic carbocycles. The first kappa shape index (κ1) is 14.4. The van der Waals surface area contributed by atoms with Gasteiger partial charge in [-0.2, -0.15) is 5.10 Å². The molecule has 1 aromatic heterocycles. The number of nitrogens with two attached hydrogens (primary N) is 1. The second kappa shape index (κ2) is 6.49. The third-order valence-corrected chi connectivity index (χ3v) is 3.70. The Kier molecular flexibility index (Phi) is 4.25. The molecule has 3 aromatic rings. The first-order valence-corrected chi connectivity index (χ1v) is 8.09. The van der Waals surface area contributed by atoms with Crippen molar-refractivity contribution in [2.75, 3.05) is 6.26 Å². The lowest BCUT2D eigenvalue weighted by molar-refractivity contribution is 0.884. The topological polar surface area (TPSA) is 56.2 Å². The molecule has 0 aliphatic rings. The first-order valence-electron chi connectivity index (χ1n) is 6.87. The number of aliphatic imine (C=N–C) groups is 1. The molecule has 0 saturated heterocycles. The molecular formula is C17H16N4S. The van der Waals surface area contributed by atoms with E-state index in [1.807, 2.05) is 77.7 Å². The number of nitrogens with zero attached hydrogens (tertiary/aromatic N) is 3. The molecule has 0 saturated carbocycles. The van der Waals surface area contributed by atoms with Crippen molar-refractivity contribution in [3.05, 3.63) is 66.7 Å². The van der Waals surface area contributed by atoms with Crippen molar-refractivity contribution in [3.8, 4) is 16.9 Å². The van der Waals surface area contributed by atoms with E-state index in [0.717, 1.165) is 22.8 Å². The predicted molar refractivity (Wildman–Crippen MR) is 93.8 cm³/mol. The number of para-hydroxylation sites is 1. The van der Waals surface area contributed by atoms with E-state index in [-0.39, 0.29) is 0 Å². The second-order valence-corrected chi connectivity index (χ2v) is 5.48. The van der Waals surface area contributed by atoms with Crippen LogP contribution in [0.5, 0.6) is 0 Å². The van der Waals surface area contributed by atoms with Crippen LogP contribution in [-0.4, -0.2) is 21.2 Å². The molecule has 0 atom stereocenters. The van der Waals surface area contributed by atoms with E-state index in [9.17, 15) is 0 Å². The molecule has 0 unspecified atom stereocenters. The highest BCUT2D eigenvalue weighted by Crippen LogP contribution is 2.26. The summed E-state index contributed by atoms with van der Waals surface area (Å²) in [5.41, 5.74) is 8.75. The van der Waals surface area contributed by atoms with Gasteiger partial charge in [-0.1, -0.05) is 60.3 Å². The van der Waals surface area contributed by atoms with Gasteiger partial charge in [-0.15, -0.1) is 0 Å². The summed E-state index contributed by atoms with van der Waals surface area (Å²) in [4.78, 5) is 4.46. The number of thioether (sulfide) groups is 1. The fourth-order valence-corrected chi connectivity index (χ4v) is 2.30. The fraction of sp³-hybridized carbons (Fsp3) is 0.0588. The second-order valence-electron chi connectivity index (χ2n) is 4.66. The van der Waals surface area contributed by atoms with Gasteiger partial charge in [-0.3, -0.25) is 0 Å². The van der Waals surface area contributed by atoms with E-state index in [4.69, 9.17) is 5.73 Å². The molecule has 0 aliphatic heterocycles. The van der Waals surface area contributed by atoms with Gasteiger partial charge in [-0.05, 0) is 18.4 Å². The maximum atomic E-state index is 5.87. The van der Waals surface area contributed by atoms with Gasteiger partial charge in [0.25, 0.3) is 0 Å². The van der Waals surface area contributed by atoms with E-state index in [0.29, 0.717) is 5.17 Å². The standard InChI is InChI=1S/C17H16N4S/c1-22-17(18)19-16-12-15(13-8-4-2-5-9-13)20-21(16)14-10-6-3-7-11-14/h2-12H,1H3,(H2,18,19).